The molecule has 0 amide bonds. The molecule has 0 atom stereocenters. The van der Waals surface area contributed by atoms with Gasteiger partial charge in [0.05, 0.1) is 7.11 Å². The van der Waals surface area contributed by atoms with Crippen molar-refractivity contribution in [2.75, 3.05) is 13.7 Å². The molecular formula is C12H14N2O3. The summed E-state index contributed by atoms with van der Waals surface area (Å²) in [5.74, 6) is 1.83. The van der Waals surface area contributed by atoms with Gasteiger partial charge >= 0.3 is 0 Å². The van der Waals surface area contributed by atoms with Crippen LogP contribution < -0.4 is 4.74 Å². The number of aliphatic hydroxyl groups is 1. The van der Waals surface area contributed by atoms with E-state index in [0.29, 0.717) is 24.6 Å². The number of aliphatic hydroxyl groups excluding tert-OH is 1. The van der Waals surface area contributed by atoms with Gasteiger partial charge in [0.2, 0.25) is 11.7 Å². The van der Waals surface area contributed by atoms with Gasteiger partial charge in [-0.05, 0) is 18.6 Å². The van der Waals surface area contributed by atoms with Crippen molar-refractivity contribution in [3.63, 3.8) is 0 Å². The van der Waals surface area contributed by atoms with Gasteiger partial charge in [-0.1, -0.05) is 17.3 Å². The predicted molar refractivity (Wildman–Crippen MR) is 61.7 cm³/mol. The first kappa shape index (κ1) is 11.6. The summed E-state index contributed by atoms with van der Waals surface area (Å²) in [5.41, 5.74) is 0.850. The lowest BCUT2D eigenvalue weighted by Gasteiger charge is -1.99. The quantitative estimate of drug-likeness (QED) is 0.852. The molecule has 5 heteroatoms. The van der Waals surface area contributed by atoms with Gasteiger partial charge in [-0.25, -0.2) is 0 Å². The number of aryl methyl sites for hydroxylation is 1. The molecule has 1 N–H and O–H groups in total. The van der Waals surface area contributed by atoms with E-state index in [9.17, 15) is 0 Å². The molecule has 0 saturated heterocycles. The molecule has 0 fully saturated rings. The highest BCUT2D eigenvalue weighted by molar-refractivity contribution is 5.56. The van der Waals surface area contributed by atoms with E-state index >= 15 is 0 Å². The van der Waals surface area contributed by atoms with Gasteiger partial charge in [-0.3, -0.25) is 0 Å². The van der Waals surface area contributed by atoms with E-state index in [-0.39, 0.29) is 6.61 Å². The summed E-state index contributed by atoms with van der Waals surface area (Å²) >= 11 is 0. The Bertz CT molecular complexity index is 482. The van der Waals surface area contributed by atoms with Crippen molar-refractivity contribution in [2.45, 2.75) is 12.8 Å². The number of hydrogen-bond acceptors (Lipinski definition) is 5. The van der Waals surface area contributed by atoms with Crippen LogP contribution in [0, 0.1) is 0 Å². The van der Waals surface area contributed by atoms with E-state index in [1.165, 1.54) is 0 Å². The lowest BCUT2D eigenvalue weighted by atomic mass is 10.2. The molecule has 1 aromatic carbocycles. The molecular weight excluding hydrogens is 220 g/mol. The van der Waals surface area contributed by atoms with Crippen LogP contribution in [0.5, 0.6) is 5.75 Å². The standard InChI is InChI=1S/C12H14N2O3/c1-16-10-5-2-4-9(8-10)12-13-11(17-14-12)6-3-7-15/h2,4-5,8,15H,3,6-7H2,1H3. The highest BCUT2D eigenvalue weighted by atomic mass is 16.5. The smallest absolute Gasteiger partial charge is 0.227 e. The molecule has 17 heavy (non-hydrogen) atoms. The molecule has 0 aliphatic rings. The van der Waals surface area contributed by atoms with Crippen LogP contribution in [0.1, 0.15) is 12.3 Å². The summed E-state index contributed by atoms with van der Waals surface area (Å²) in [6.07, 6.45) is 1.22. The first-order valence-electron chi connectivity index (χ1n) is 5.41. The molecule has 0 saturated carbocycles. The number of methoxy groups -OCH3 is 1. The fourth-order valence-electron chi connectivity index (χ4n) is 1.47. The summed E-state index contributed by atoms with van der Waals surface area (Å²) in [4.78, 5) is 4.25. The van der Waals surface area contributed by atoms with Crippen LogP contribution in [0.25, 0.3) is 11.4 Å². The number of nitrogens with zero attached hydrogens (tertiary/aromatic N) is 2. The highest BCUT2D eigenvalue weighted by Gasteiger charge is 2.08. The second-order valence-corrected chi connectivity index (χ2v) is 3.57. The molecule has 5 nitrogen and oxygen atoms in total. The third kappa shape index (κ3) is 2.82. The van der Waals surface area contributed by atoms with Gasteiger partial charge in [0.15, 0.2) is 0 Å². The van der Waals surface area contributed by atoms with Gasteiger partial charge < -0.3 is 14.4 Å². The zero-order valence-electron chi connectivity index (χ0n) is 9.59. The second kappa shape index (κ2) is 5.45. The molecule has 90 valence electrons. The van der Waals surface area contributed by atoms with Crippen LogP contribution in [0.4, 0.5) is 0 Å². The zero-order chi connectivity index (χ0) is 12.1. The maximum atomic E-state index is 8.71. The van der Waals surface area contributed by atoms with Gasteiger partial charge in [0.25, 0.3) is 0 Å². The topological polar surface area (TPSA) is 68.4 Å². The average Bonchev–Trinajstić information content (AvgIpc) is 2.85. The first-order chi connectivity index (χ1) is 8.33. The Kier molecular flexibility index (Phi) is 3.72. The predicted octanol–water partition coefficient (Wildman–Crippen LogP) is 1.67. The third-order valence-electron chi connectivity index (χ3n) is 2.34. The summed E-state index contributed by atoms with van der Waals surface area (Å²) in [5, 5.41) is 12.6. The summed E-state index contributed by atoms with van der Waals surface area (Å²) in [6.45, 7) is 0.122. The maximum absolute atomic E-state index is 8.71. The third-order valence-corrected chi connectivity index (χ3v) is 2.34. The van der Waals surface area contributed by atoms with Crippen LogP contribution in [0.3, 0.4) is 0 Å². The van der Waals surface area contributed by atoms with E-state index in [2.05, 4.69) is 10.1 Å². The minimum absolute atomic E-state index is 0.122. The molecule has 0 radical (unpaired) electrons. The van der Waals surface area contributed by atoms with Crippen LogP contribution in [-0.4, -0.2) is 29.0 Å². The molecule has 0 unspecified atom stereocenters. The maximum Gasteiger partial charge on any atom is 0.227 e. The Morgan fingerprint density at radius 3 is 3.06 bits per heavy atom. The molecule has 0 aliphatic carbocycles. The van der Waals surface area contributed by atoms with E-state index in [1.807, 2.05) is 24.3 Å². The molecule has 1 heterocycles. The minimum Gasteiger partial charge on any atom is -0.497 e. The fraction of sp³-hybridized carbons (Fsp3) is 0.333. The Morgan fingerprint density at radius 1 is 1.41 bits per heavy atom. The number of hydrogen-bond donors (Lipinski definition) is 1. The monoisotopic (exact) mass is 234 g/mol. The van der Waals surface area contributed by atoms with Crippen molar-refractivity contribution in [1.29, 1.82) is 0 Å². The number of aromatic nitrogens is 2. The molecule has 1 aromatic heterocycles. The van der Waals surface area contributed by atoms with E-state index in [4.69, 9.17) is 14.4 Å². The summed E-state index contributed by atoms with van der Waals surface area (Å²) < 4.78 is 10.2. The highest BCUT2D eigenvalue weighted by Crippen LogP contribution is 2.21. The Balaban J connectivity index is 2.18. The Labute approximate surface area is 99.0 Å². The van der Waals surface area contributed by atoms with Gasteiger partial charge in [-0.2, -0.15) is 4.98 Å². The molecule has 2 rings (SSSR count). The molecule has 0 aliphatic heterocycles. The van der Waals surface area contributed by atoms with Crippen LogP contribution >= 0.6 is 0 Å². The number of ether oxygens (including phenoxy) is 1. The van der Waals surface area contributed by atoms with Gasteiger partial charge in [-0.15, -0.1) is 0 Å². The fourth-order valence-corrected chi connectivity index (χ4v) is 1.47. The number of benzene rings is 1. The van der Waals surface area contributed by atoms with Crippen molar-refractivity contribution < 1.29 is 14.4 Å². The first-order valence-corrected chi connectivity index (χ1v) is 5.41. The van der Waals surface area contributed by atoms with E-state index in [1.54, 1.807) is 7.11 Å². The summed E-state index contributed by atoms with van der Waals surface area (Å²) in [7, 11) is 1.61. The normalized spacial score (nSPS) is 10.5. The zero-order valence-corrected chi connectivity index (χ0v) is 9.59. The van der Waals surface area contributed by atoms with Crippen molar-refractivity contribution in [3.8, 4) is 17.1 Å². The minimum atomic E-state index is 0.122. The molecule has 0 bridgehead atoms. The van der Waals surface area contributed by atoms with Gasteiger partial charge in [0, 0.05) is 18.6 Å². The van der Waals surface area contributed by atoms with Crippen molar-refractivity contribution in [2.24, 2.45) is 0 Å². The van der Waals surface area contributed by atoms with E-state index < -0.39 is 0 Å². The lowest BCUT2D eigenvalue weighted by molar-refractivity contribution is 0.278. The van der Waals surface area contributed by atoms with Crippen molar-refractivity contribution in [1.82, 2.24) is 10.1 Å². The molecule has 0 spiro atoms. The SMILES string of the molecule is COc1cccc(-c2noc(CCCO)n2)c1. The largest absolute Gasteiger partial charge is 0.497 e. The lowest BCUT2D eigenvalue weighted by Crippen LogP contribution is -1.89. The van der Waals surface area contributed by atoms with Crippen molar-refractivity contribution in [3.05, 3.63) is 30.2 Å². The second-order valence-electron chi connectivity index (χ2n) is 3.57. The van der Waals surface area contributed by atoms with Gasteiger partial charge in [0.1, 0.15) is 5.75 Å². The van der Waals surface area contributed by atoms with Crippen molar-refractivity contribution >= 4 is 0 Å². The van der Waals surface area contributed by atoms with E-state index in [0.717, 1.165) is 11.3 Å². The average molecular weight is 234 g/mol. The van der Waals surface area contributed by atoms with Crippen LogP contribution in [0.2, 0.25) is 0 Å². The number of rotatable bonds is 5. The summed E-state index contributed by atoms with van der Waals surface area (Å²) in [6, 6.07) is 7.47. The van der Waals surface area contributed by atoms with Crippen LogP contribution in [-0.2, 0) is 6.42 Å². The Hall–Kier alpha value is -1.88. The van der Waals surface area contributed by atoms with Crippen LogP contribution in [0.15, 0.2) is 28.8 Å². The molecule has 2 aromatic rings. The Morgan fingerprint density at radius 2 is 2.29 bits per heavy atom.